The van der Waals surface area contributed by atoms with Crippen molar-refractivity contribution in [3.8, 4) is 0 Å². The molecule has 0 bridgehead atoms. The fourth-order valence-electron chi connectivity index (χ4n) is 2.16. The molecule has 2 aromatic carbocycles. The molecule has 0 saturated heterocycles. The Balaban J connectivity index is 2.15. The molecule has 0 unspecified atom stereocenters. The van der Waals surface area contributed by atoms with Crippen molar-refractivity contribution in [2.24, 2.45) is 0 Å². The molecule has 0 N–H and O–H groups in total. The highest BCUT2D eigenvalue weighted by atomic mass is 79.9. The van der Waals surface area contributed by atoms with Crippen molar-refractivity contribution < 1.29 is 0 Å². The van der Waals surface area contributed by atoms with E-state index in [0.717, 1.165) is 26.5 Å². The molecule has 0 radical (unpaired) electrons. The summed E-state index contributed by atoms with van der Waals surface area (Å²) in [5.41, 5.74) is 2.83. The standard InChI is InChI=1S/C16H10BrCl2N/c17-11-6-7-14-12(9-11)15(18)13(16(19)20-14)8-10-4-2-1-3-5-10/h1-7,9H,8H2. The second-order valence-electron chi connectivity index (χ2n) is 4.52. The molecule has 0 aliphatic rings. The minimum Gasteiger partial charge on any atom is -0.236 e. The van der Waals surface area contributed by atoms with Gasteiger partial charge in [-0.1, -0.05) is 69.5 Å². The maximum atomic E-state index is 6.52. The van der Waals surface area contributed by atoms with Gasteiger partial charge in [-0.25, -0.2) is 4.98 Å². The molecule has 4 heteroatoms. The molecular formula is C16H10BrCl2N. The van der Waals surface area contributed by atoms with Gasteiger partial charge in [0.2, 0.25) is 0 Å². The molecule has 0 atom stereocenters. The average Bonchev–Trinajstić information content (AvgIpc) is 2.46. The van der Waals surface area contributed by atoms with Crippen LogP contribution in [0.3, 0.4) is 0 Å². The smallest absolute Gasteiger partial charge is 0.134 e. The minimum atomic E-state index is 0.466. The first-order valence-electron chi connectivity index (χ1n) is 6.12. The van der Waals surface area contributed by atoms with Crippen molar-refractivity contribution in [2.45, 2.75) is 6.42 Å². The van der Waals surface area contributed by atoms with Crippen molar-refractivity contribution in [1.29, 1.82) is 0 Å². The zero-order valence-electron chi connectivity index (χ0n) is 10.4. The van der Waals surface area contributed by atoms with Crippen LogP contribution in [-0.4, -0.2) is 4.98 Å². The van der Waals surface area contributed by atoms with E-state index in [0.29, 0.717) is 16.6 Å². The van der Waals surface area contributed by atoms with Gasteiger partial charge in [0, 0.05) is 21.8 Å². The third kappa shape index (κ3) is 2.69. The molecule has 0 saturated carbocycles. The van der Waals surface area contributed by atoms with E-state index in [4.69, 9.17) is 23.2 Å². The van der Waals surface area contributed by atoms with Crippen molar-refractivity contribution in [1.82, 2.24) is 4.98 Å². The van der Waals surface area contributed by atoms with E-state index in [-0.39, 0.29) is 0 Å². The van der Waals surface area contributed by atoms with Gasteiger partial charge < -0.3 is 0 Å². The number of halogens is 3. The number of fused-ring (bicyclic) bond motifs is 1. The van der Waals surface area contributed by atoms with Crippen LogP contribution in [0.2, 0.25) is 10.2 Å². The molecule has 0 spiro atoms. The Morgan fingerprint density at radius 2 is 1.75 bits per heavy atom. The number of rotatable bonds is 2. The van der Waals surface area contributed by atoms with Gasteiger partial charge in [-0.05, 0) is 23.8 Å². The lowest BCUT2D eigenvalue weighted by Gasteiger charge is -2.10. The number of hydrogen-bond acceptors (Lipinski definition) is 1. The summed E-state index contributed by atoms with van der Waals surface area (Å²) >= 11 is 16.3. The Hall–Kier alpha value is -1.09. The van der Waals surface area contributed by atoms with E-state index in [1.807, 2.05) is 36.4 Å². The molecule has 0 amide bonds. The van der Waals surface area contributed by atoms with Crippen LogP contribution in [0.4, 0.5) is 0 Å². The van der Waals surface area contributed by atoms with E-state index in [1.165, 1.54) is 0 Å². The van der Waals surface area contributed by atoms with E-state index in [1.54, 1.807) is 0 Å². The highest BCUT2D eigenvalue weighted by Gasteiger charge is 2.13. The SMILES string of the molecule is Clc1nc2ccc(Br)cc2c(Cl)c1Cc1ccccc1. The van der Waals surface area contributed by atoms with Crippen LogP contribution in [0, 0.1) is 0 Å². The van der Waals surface area contributed by atoms with E-state index in [9.17, 15) is 0 Å². The van der Waals surface area contributed by atoms with Crippen LogP contribution < -0.4 is 0 Å². The average molecular weight is 367 g/mol. The summed E-state index contributed by atoms with van der Waals surface area (Å²) < 4.78 is 0.974. The number of benzene rings is 2. The molecule has 1 aromatic heterocycles. The molecule has 0 aliphatic carbocycles. The van der Waals surface area contributed by atoms with Gasteiger partial charge in [0.05, 0.1) is 10.5 Å². The lowest BCUT2D eigenvalue weighted by Crippen LogP contribution is -1.95. The molecule has 1 heterocycles. The first-order chi connectivity index (χ1) is 9.65. The molecule has 0 aliphatic heterocycles. The zero-order valence-corrected chi connectivity index (χ0v) is 13.5. The van der Waals surface area contributed by atoms with E-state index in [2.05, 4.69) is 33.0 Å². The normalized spacial score (nSPS) is 10.9. The van der Waals surface area contributed by atoms with Crippen LogP contribution in [-0.2, 0) is 6.42 Å². The maximum absolute atomic E-state index is 6.52. The Morgan fingerprint density at radius 1 is 1.00 bits per heavy atom. The van der Waals surface area contributed by atoms with Crippen LogP contribution in [0.1, 0.15) is 11.1 Å². The third-order valence-corrected chi connectivity index (χ3v) is 4.39. The predicted octanol–water partition coefficient (Wildman–Crippen LogP) is 5.89. The molecule has 3 rings (SSSR count). The first kappa shape index (κ1) is 13.9. The molecule has 0 fully saturated rings. The maximum Gasteiger partial charge on any atom is 0.134 e. The number of hydrogen-bond donors (Lipinski definition) is 0. The lowest BCUT2D eigenvalue weighted by atomic mass is 10.0. The molecular weight excluding hydrogens is 357 g/mol. The summed E-state index contributed by atoms with van der Waals surface area (Å²) in [6.07, 6.45) is 0.675. The first-order valence-corrected chi connectivity index (χ1v) is 7.67. The minimum absolute atomic E-state index is 0.466. The lowest BCUT2D eigenvalue weighted by molar-refractivity contribution is 1.17. The number of nitrogens with zero attached hydrogens (tertiary/aromatic N) is 1. The number of pyridine rings is 1. The largest absolute Gasteiger partial charge is 0.236 e. The van der Waals surface area contributed by atoms with Crippen molar-refractivity contribution >= 4 is 50.0 Å². The highest BCUT2D eigenvalue weighted by Crippen LogP contribution is 2.33. The highest BCUT2D eigenvalue weighted by molar-refractivity contribution is 9.10. The van der Waals surface area contributed by atoms with Gasteiger partial charge in [-0.3, -0.25) is 0 Å². The van der Waals surface area contributed by atoms with Crippen LogP contribution in [0.15, 0.2) is 53.0 Å². The third-order valence-electron chi connectivity index (χ3n) is 3.15. The second-order valence-corrected chi connectivity index (χ2v) is 6.17. The van der Waals surface area contributed by atoms with Gasteiger partial charge in [0.1, 0.15) is 5.15 Å². The summed E-state index contributed by atoms with van der Waals surface area (Å²) in [6.45, 7) is 0. The summed E-state index contributed by atoms with van der Waals surface area (Å²) in [5, 5.41) is 2.05. The van der Waals surface area contributed by atoms with Gasteiger partial charge in [0.15, 0.2) is 0 Å². The monoisotopic (exact) mass is 365 g/mol. The second kappa shape index (κ2) is 5.72. The Morgan fingerprint density at radius 3 is 2.50 bits per heavy atom. The fraction of sp³-hybridized carbons (Fsp3) is 0.0625. The molecule has 100 valence electrons. The van der Waals surface area contributed by atoms with Gasteiger partial charge in [-0.15, -0.1) is 0 Å². The topological polar surface area (TPSA) is 12.9 Å². The summed E-state index contributed by atoms with van der Waals surface area (Å²) in [5.74, 6) is 0. The quantitative estimate of drug-likeness (QED) is 0.515. The van der Waals surface area contributed by atoms with Crippen molar-refractivity contribution in [3.05, 3.63) is 74.3 Å². The number of aromatic nitrogens is 1. The Kier molecular flexibility index (Phi) is 3.97. The fourth-order valence-corrected chi connectivity index (χ4v) is 3.13. The van der Waals surface area contributed by atoms with Crippen LogP contribution in [0.25, 0.3) is 10.9 Å². The summed E-state index contributed by atoms with van der Waals surface area (Å²) in [6, 6.07) is 15.9. The van der Waals surface area contributed by atoms with E-state index < -0.39 is 0 Å². The molecule has 20 heavy (non-hydrogen) atoms. The van der Waals surface area contributed by atoms with Gasteiger partial charge >= 0.3 is 0 Å². The van der Waals surface area contributed by atoms with Crippen LogP contribution >= 0.6 is 39.1 Å². The summed E-state index contributed by atoms with van der Waals surface area (Å²) in [7, 11) is 0. The molecule has 3 aromatic rings. The Labute approximate surface area is 135 Å². The van der Waals surface area contributed by atoms with Crippen LogP contribution in [0.5, 0.6) is 0 Å². The van der Waals surface area contributed by atoms with Gasteiger partial charge in [-0.2, -0.15) is 0 Å². The van der Waals surface area contributed by atoms with Crippen molar-refractivity contribution in [2.75, 3.05) is 0 Å². The Bertz CT molecular complexity index is 772. The zero-order chi connectivity index (χ0) is 14.1. The summed E-state index contributed by atoms with van der Waals surface area (Å²) in [4.78, 5) is 4.43. The van der Waals surface area contributed by atoms with Crippen molar-refractivity contribution in [3.63, 3.8) is 0 Å². The van der Waals surface area contributed by atoms with Gasteiger partial charge in [0.25, 0.3) is 0 Å². The molecule has 1 nitrogen and oxygen atoms in total. The van der Waals surface area contributed by atoms with E-state index >= 15 is 0 Å². The predicted molar refractivity (Wildman–Crippen MR) is 88.7 cm³/mol.